The van der Waals surface area contributed by atoms with Crippen LogP contribution in [0.5, 0.6) is 0 Å². The van der Waals surface area contributed by atoms with Crippen molar-refractivity contribution in [2.24, 2.45) is 5.73 Å². The molecule has 19 heavy (non-hydrogen) atoms. The van der Waals surface area contributed by atoms with Crippen molar-refractivity contribution in [2.45, 2.75) is 30.8 Å². The second-order valence-corrected chi connectivity index (χ2v) is 5.75. The molecule has 0 aliphatic heterocycles. The number of benzene rings is 1. The van der Waals surface area contributed by atoms with Crippen LogP contribution in [0.15, 0.2) is 35.5 Å². The fourth-order valence-electron chi connectivity index (χ4n) is 1.74. The maximum atomic E-state index is 6.14. The molecule has 1 atom stereocenters. The number of thioether (sulfide) groups is 1. The van der Waals surface area contributed by atoms with Crippen LogP contribution in [0.3, 0.4) is 0 Å². The van der Waals surface area contributed by atoms with Crippen LogP contribution in [0.25, 0.3) is 0 Å². The van der Waals surface area contributed by atoms with Gasteiger partial charge in [0, 0.05) is 34.7 Å². The van der Waals surface area contributed by atoms with Crippen LogP contribution < -0.4 is 5.73 Å². The Morgan fingerprint density at radius 2 is 2.11 bits per heavy atom. The van der Waals surface area contributed by atoms with E-state index in [-0.39, 0.29) is 6.04 Å². The summed E-state index contributed by atoms with van der Waals surface area (Å²) in [5.74, 6) is 1.80. The molecule has 0 radical (unpaired) electrons. The van der Waals surface area contributed by atoms with Crippen molar-refractivity contribution >= 4 is 23.4 Å². The smallest absolute Gasteiger partial charge is 0.138 e. The zero-order chi connectivity index (χ0) is 13.7. The summed E-state index contributed by atoms with van der Waals surface area (Å²) < 4.78 is 1.88. The lowest BCUT2D eigenvalue weighted by Gasteiger charge is -2.11. The maximum absolute atomic E-state index is 6.14. The quantitative estimate of drug-likeness (QED) is 0.833. The Labute approximate surface area is 122 Å². The van der Waals surface area contributed by atoms with Gasteiger partial charge in [-0.3, -0.25) is 4.68 Å². The molecule has 0 aliphatic rings. The van der Waals surface area contributed by atoms with Gasteiger partial charge in [-0.1, -0.05) is 11.6 Å². The van der Waals surface area contributed by atoms with Crippen molar-refractivity contribution in [2.75, 3.05) is 5.75 Å². The standard InChI is InChI=1S/C13H17ClN4S/c1-2-18-13(16-9-17-18)7-11(15)8-19-12-5-3-10(14)4-6-12/h3-6,9,11H,2,7-8,15H2,1H3. The first-order valence-corrected chi connectivity index (χ1v) is 7.56. The summed E-state index contributed by atoms with van der Waals surface area (Å²) in [6, 6.07) is 7.87. The van der Waals surface area contributed by atoms with Gasteiger partial charge in [0.1, 0.15) is 12.2 Å². The fraction of sp³-hybridized carbons (Fsp3) is 0.385. The highest BCUT2D eigenvalue weighted by atomic mass is 35.5. The highest BCUT2D eigenvalue weighted by molar-refractivity contribution is 7.99. The van der Waals surface area contributed by atoms with Gasteiger partial charge in [-0.05, 0) is 31.2 Å². The highest BCUT2D eigenvalue weighted by Crippen LogP contribution is 2.21. The third-order valence-corrected chi connectivity index (χ3v) is 4.17. The number of hydrogen-bond donors (Lipinski definition) is 1. The number of aromatic nitrogens is 3. The van der Waals surface area contributed by atoms with E-state index in [4.69, 9.17) is 17.3 Å². The van der Waals surface area contributed by atoms with Crippen LogP contribution in [0.1, 0.15) is 12.7 Å². The number of hydrogen-bond acceptors (Lipinski definition) is 4. The molecule has 1 aromatic heterocycles. The van der Waals surface area contributed by atoms with Crippen LogP contribution >= 0.6 is 23.4 Å². The summed E-state index contributed by atoms with van der Waals surface area (Å²) in [5.41, 5.74) is 6.14. The van der Waals surface area contributed by atoms with E-state index in [0.29, 0.717) is 0 Å². The molecule has 1 heterocycles. The van der Waals surface area contributed by atoms with Gasteiger partial charge in [-0.2, -0.15) is 5.10 Å². The Balaban J connectivity index is 1.84. The minimum absolute atomic E-state index is 0.0650. The van der Waals surface area contributed by atoms with Crippen molar-refractivity contribution in [1.29, 1.82) is 0 Å². The fourth-order valence-corrected chi connectivity index (χ4v) is 2.72. The minimum Gasteiger partial charge on any atom is -0.327 e. The van der Waals surface area contributed by atoms with Crippen molar-refractivity contribution in [1.82, 2.24) is 14.8 Å². The van der Waals surface area contributed by atoms with Crippen LogP contribution in [-0.2, 0) is 13.0 Å². The normalized spacial score (nSPS) is 12.6. The molecule has 1 aromatic carbocycles. The summed E-state index contributed by atoms with van der Waals surface area (Å²) >= 11 is 7.58. The molecule has 0 saturated carbocycles. The molecule has 4 nitrogen and oxygen atoms in total. The summed E-state index contributed by atoms with van der Waals surface area (Å²) in [7, 11) is 0. The molecule has 0 amide bonds. The highest BCUT2D eigenvalue weighted by Gasteiger charge is 2.10. The van der Waals surface area contributed by atoms with Crippen molar-refractivity contribution in [3.8, 4) is 0 Å². The first-order valence-electron chi connectivity index (χ1n) is 6.19. The van der Waals surface area contributed by atoms with Crippen LogP contribution in [0, 0.1) is 0 Å². The Bertz CT molecular complexity index is 512. The lowest BCUT2D eigenvalue weighted by atomic mass is 10.2. The monoisotopic (exact) mass is 296 g/mol. The van der Waals surface area contributed by atoms with Gasteiger partial charge in [0.05, 0.1) is 0 Å². The second kappa shape index (κ2) is 6.93. The first kappa shape index (κ1) is 14.4. The van der Waals surface area contributed by atoms with Gasteiger partial charge in [0.15, 0.2) is 0 Å². The van der Waals surface area contributed by atoms with E-state index in [9.17, 15) is 0 Å². The molecular weight excluding hydrogens is 280 g/mol. The summed E-state index contributed by atoms with van der Waals surface area (Å²) in [4.78, 5) is 5.42. The molecule has 2 rings (SSSR count). The first-order chi connectivity index (χ1) is 9.19. The van der Waals surface area contributed by atoms with E-state index in [2.05, 4.69) is 10.1 Å². The minimum atomic E-state index is 0.0650. The summed E-state index contributed by atoms with van der Waals surface area (Å²) in [6.07, 6.45) is 2.33. The molecular formula is C13H17ClN4S. The van der Waals surface area contributed by atoms with Crippen LogP contribution in [0.4, 0.5) is 0 Å². The number of halogens is 1. The van der Waals surface area contributed by atoms with Crippen molar-refractivity contribution < 1.29 is 0 Å². The van der Waals surface area contributed by atoms with Crippen LogP contribution in [-0.4, -0.2) is 26.6 Å². The van der Waals surface area contributed by atoms with E-state index in [1.165, 1.54) is 4.90 Å². The molecule has 102 valence electrons. The Morgan fingerprint density at radius 1 is 1.37 bits per heavy atom. The lowest BCUT2D eigenvalue weighted by Crippen LogP contribution is -2.27. The van der Waals surface area contributed by atoms with Gasteiger partial charge in [-0.15, -0.1) is 11.8 Å². The average Bonchev–Trinajstić information content (AvgIpc) is 2.85. The second-order valence-electron chi connectivity index (χ2n) is 4.22. The molecule has 2 aromatic rings. The van der Waals surface area contributed by atoms with Crippen molar-refractivity contribution in [3.63, 3.8) is 0 Å². The summed E-state index contributed by atoms with van der Waals surface area (Å²) in [5, 5.41) is 4.90. The SMILES string of the molecule is CCn1ncnc1CC(N)CSc1ccc(Cl)cc1. The lowest BCUT2D eigenvalue weighted by molar-refractivity contribution is 0.588. The van der Waals surface area contributed by atoms with E-state index in [0.717, 1.165) is 29.6 Å². The van der Waals surface area contributed by atoms with Gasteiger partial charge >= 0.3 is 0 Å². The van der Waals surface area contributed by atoms with Gasteiger partial charge in [0.2, 0.25) is 0 Å². The topological polar surface area (TPSA) is 56.7 Å². The van der Waals surface area contributed by atoms with E-state index in [1.54, 1.807) is 18.1 Å². The molecule has 0 spiro atoms. The van der Waals surface area contributed by atoms with Crippen LogP contribution in [0.2, 0.25) is 5.02 Å². The van der Waals surface area contributed by atoms with Gasteiger partial charge < -0.3 is 5.73 Å². The zero-order valence-corrected chi connectivity index (χ0v) is 12.4. The van der Waals surface area contributed by atoms with Crippen molar-refractivity contribution in [3.05, 3.63) is 41.4 Å². The predicted molar refractivity (Wildman–Crippen MR) is 79.6 cm³/mol. The average molecular weight is 297 g/mol. The number of nitrogens with two attached hydrogens (primary N) is 1. The molecule has 0 saturated heterocycles. The largest absolute Gasteiger partial charge is 0.327 e. The van der Waals surface area contributed by atoms with E-state index >= 15 is 0 Å². The Kier molecular flexibility index (Phi) is 5.24. The molecule has 0 bridgehead atoms. The molecule has 0 aliphatic carbocycles. The number of aryl methyl sites for hydroxylation is 1. The zero-order valence-electron chi connectivity index (χ0n) is 10.8. The third kappa shape index (κ3) is 4.23. The predicted octanol–water partition coefficient (Wildman–Crippen LogP) is 2.61. The molecule has 0 fully saturated rings. The Morgan fingerprint density at radius 3 is 2.79 bits per heavy atom. The molecule has 1 unspecified atom stereocenters. The number of rotatable bonds is 6. The molecule has 6 heteroatoms. The summed E-state index contributed by atoms with van der Waals surface area (Å²) in [6.45, 7) is 2.87. The Hall–Kier alpha value is -1.04. The van der Waals surface area contributed by atoms with Gasteiger partial charge in [-0.25, -0.2) is 4.98 Å². The van der Waals surface area contributed by atoms with E-state index < -0.39 is 0 Å². The van der Waals surface area contributed by atoms with Gasteiger partial charge in [0.25, 0.3) is 0 Å². The van der Waals surface area contributed by atoms with E-state index in [1.807, 2.05) is 35.9 Å². The third-order valence-electron chi connectivity index (χ3n) is 2.72. The maximum Gasteiger partial charge on any atom is 0.138 e. The number of nitrogens with zero attached hydrogens (tertiary/aromatic N) is 3. The molecule has 2 N–H and O–H groups in total.